The van der Waals surface area contributed by atoms with E-state index in [0.717, 1.165) is 11.3 Å². The number of benzene rings is 1. The van der Waals surface area contributed by atoms with E-state index in [1.165, 1.54) is 5.56 Å². The SMILES string of the molecule is Cc1ccnc(Oc2ccc(C(C)(C)C)cc2)c1N. The normalized spacial score (nSPS) is 11.4. The third-order valence-corrected chi connectivity index (χ3v) is 3.11. The van der Waals surface area contributed by atoms with Crippen LogP contribution in [-0.2, 0) is 5.41 Å². The molecule has 0 unspecified atom stereocenters. The fourth-order valence-corrected chi connectivity index (χ4v) is 1.76. The zero-order chi connectivity index (χ0) is 14.0. The molecule has 3 nitrogen and oxygen atoms in total. The van der Waals surface area contributed by atoms with Gasteiger partial charge in [0.15, 0.2) is 0 Å². The topological polar surface area (TPSA) is 48.1 Å². The van der Waals surface area contributed by atoms with E-state index in [9.17, 15) is 0 Å². The largest absolute Gasteiger partial charge is 0.437 e. The molecule has 3 heteroatoms. The van der Waals surface area contributed by atoms with Crippen molar-refractivity contribution < 1.29 is 4.74 Å². The number of rotatable bonds is 2. The molecular formula is C16H20N2O. The van der Waals surface area contributed by atoms with Gasteiger partial charge in [-0.1, -0.05) is 32.9 Å². The van der Waals surface area contributed by atoms with E-state index in [1.54, 1.807) is 6.20 Å². The van der Waals surface area contributed by atoms with E-state index in [0.29, 0.717) is 11.6 Å². The maximum atomic E-state index is 5.94. The van der Waals surface area contributed by atoms with Crippen LogP contribution in [0, 0.1) is 6.92 Å². The van der Waals surface area contributed by atoms with Gasteiger partial charge < -0.3 is 10.5 Å². The fraction of sp³-hybridized carbons (Fsp3) is 0.312. The highest BCUT2D eigenvalue weighted by atomic mass is 16.5. The van der Waals surface area contributed by atoms with Crippen molar-refractivity contribution in [3.05, 3.63) is 47.7 Å². The highest BCUT2D eigenvalue weighted by Gasteiger charge is 2.13. The van der Waals surface area contributed by atoms with Crippen molar-refractivity contribution in [2.24, 2.45) is 0 Å². The molecular weight excluding hydrogens is 236 g/mol. The Morgan fingerprint density at radius 1 is 1.05 bits per heavy atom. The standard InChI is InChI=1S/C16H20N2O/c1-11-9-10-18-15(14(11)17)19-13-7-5-12(6-8-13)16(2,3)4/h5-10H,17H2,1-4H3. The molecule has 19 heavy (non-hydrogen) atoms. The lowest BCUT2D eigenvalue weighted by Gasteiger charge is -2.19. The molecule has 0 aliphatic heterocycles. The first-order valence-corrected chi connectivity index (χ1v) is 6.37. The number of aromatic nitrogens is 1. The summed E-state index contributed by atoms with van der Waals surface area (Å²) in [4.78, 5) is 4.16. The molecule has 0 saturated carbocycles. The molecule has 0 amide bonds. The van der Waals surface area contributed by atoms with Crippen molar-refractivity contribution >= 4 is 5.69 Å². The summed E-state index contributed by atoms with van der Waals surface area (Å²) >= 11 is 0. The zero-order valence-corrected chi connectivity index (χ0v) is 11.9. The fourth-order valence-electron chi connectivity index (χ4n) is 1.76. The average molecular weight is 256 g/mol. The van der Waals surface area contributed by atoms with Crippen molar-refractivity contribution in [3.63, 3.8) is 0 Å². The Hall–Kier alpha value is -2.03. The van der Waals surface area contributed by atoms with Crippen LogP contribution < -0.4 is 10.5 Å². The first kappa shape index (κ1) is 13.4. The lowest BCUT2D eigenvalue weighted by Crippen LogP contribution is -2.10. The van der Waals surface area contributed by atoms with Crippen molar-refractivity contribution in [2.45, 2.75) is 33.1 Å². The molecule has 2 rings (SSSR count). The van der Waals surface area contributed by atoms with Gasteiger partial charge in [-0.05, 0) is 41.7 Å². The van der Waals surface area contributed by atoms with E-state index >= 15 is 0 Å². The number of aryl methyl sites for hydroxylation is 1. The number of hydrogen-bond acceptors (Lipinski definition) is 3. The summed E-state index contributed by atoms with van der Waals surface area (Å²) in [5, 5.41) is 0. The molecule has 0 atom stereocenters. The van der Waals surface area contributed by atoms with E-state index in [4.69, 9.17) is 10.5 Å². The second-order valence-electron chi connectivity index (χ2n) is 5.72. The summed E-state index contributed by atoms with van der Waals surface area (Å²) in [6.45, 7) is 8.49. The van der Waals surface area contributed by atoms with Crippen LogP contribution in [0.5, 0.6) is 11.6 Å². The number of nitrogen functional groups attached to an aromatic ring is 1. The van der Waals surface area contributed by atoms with E-state index in [1.807, 2.05) is 25.1 Å². The maximum absolute atomic E-state index is 5.94. The average Bonchev–Trinajstić information content (AvgIpc) is 2.35. The molecule has 2 aromatic rings. The van der Waals surface area contributed by atoms with Gasteiger partial charge in [0, 0.05) is 6.20 Å². The molecule has 1 aromatic heterocycles. The molecule has 1 aromatic carbocycles. The Kier molecular flexibility index (Phi) is 3.47. The Labute approximate surface area is 114 Å². The summed E-state index contributed by atoms with van der Waals surface area (Å²) in [5.41, 5.74) is 8.90. The van der Waals surface area contributed by atoms with Crippen LogP contribution in [-0.4, -0.2) is 4.98 Å². The van der Waals surface area contributed by atoms with E-state index < -0.39 is 0 Å². The van der Waals surface area contributed by atoms with Crippen molar-refractivity contribution in [1.82, 2.24) is 4.98 Å². The quantitative estimate of drug-likeness (QED) is 0.881. The molecule has 100 valence electrons. The van der Waals surface area contributed by atoms with Gasteiger partial charge in [0.2, 0.25) is 5.88 Å². The lowest BCUT2D eigenvalue weighted by molar-refractivity contribution is 0.464. The van der Waals surface area contributed by atoms with Crippen molar-refractivity contribution in [3.8, 4) is 11.6 Å². The summed E-state index contributed by atoms with van der Waals surface area (Å²) in [6.07, 6.45) is 1.70. The Bertz CT molecular complexity index is 568. The molecule has 0 aliphatic carbocycles. The highest BCUT2D eigenvalue weighted by molar-refractivity contribution is 5.55. The molecule has 1 heterocycles. The van der Waals surface area contributed by atoms with Gasteiger partial charge in [-0.3, -0.25) is 0 Å². The Morgan fingerprint density at radius 3 is 2.26 bits per heavy atom. The zero-order valence-electron chi connectivity index (χ0n) is 11.9. The molecule has 0 bridgehead atoms. The number of nitrogens with zero attached hydrogens (tertiary/aromatic N) is 1. The van der Waals surface area contributed by atoms with Crippen LogP contribution in [0.15, 0.2) is 36.5 Å². The molecule has 0 spiro atoms. The number of anilines is 1. The van der Waals surface area contributed by atoms with Gasteiger partial charge in [0.05, 0.1) is 5.69 Å². The minimum absolute atomic E-state index is 0.138. The maximum Gasteiger partial charge on any atom is 0.242 e. The van der Waals surface area contributed by atoms with Crippen LogP contribution in [0.3, 0.4) is 0 Å². The summed E-state index contributed by atoms with van der Waals surface area (Å²) in [6, 6.07) is 9.90. The lowest BCUT2D eigenvalue weighted by atomic mass is 9.87. The second-order valence-corrected chi connectivity index (χ2v) is 5.72. The van der Waals surface area contributed by atoms with Crippen LogP contribution in [0.1, 0.15) is 31.9 Å². The van der Waals surface area contributed by atoms with Gasteiger partial charge in [0.25, 0.3) is 0 Å². The molecule has 0 saturated heterocycles. The first-order chi connectivity index (χ1) is 8.88. The summed E-state index contributed by atoms with van der Waals surface area (Å²) in [5.74, 6) is 1.21. The predicted octanol–water partition coefficient (Wildman–Crippen LogP) is 4.06. The van der Waals surface area contributed by atoms with E-state index in [2.05, 4.69) is 37.9 Å². The Balaban J connectivity index is 2.23. The number of hydrogen-bond donors (Lipinski definition) is 1. The third kappa shape index (κ3) is 3.05. The molecule has 0 fully saturated rings. The highest BCUT2D eigenvalue weighted by Crippen LogP contribution is 2.29. The predicted molar refractivity (Wildman–Crippen MR) is 78.6 cm³/mol. The minimum Gasteiger partial charge on any atom is -0.437 e. The minimum atomic E-state index is 0.138. The van der Waals surface area contributed by atoms with Crippen LogP contribution in [0.25, 0.3) is 0 Å². The number of pyridine rings is 1. The van der Waals surface area contributed by atoms with Crippen molar-refractivity contribution in [2.75, 3.05) is 5.73 Å². The number of nitrogens with two attached hydrogens (primary N) is 1. The van der Waals surface area contributed by atoms with Crippen LogP contribution in [0.2, 0.25) is 0 Å². The summed E-state index contributed by atoms with van der Waals surface area (Å²) < 4.78 is 5.72. The third-order valence-electron chi connectivity index (χ3n) is 3.11. The molecule has 2 N–H and O–H groups in total. The monoisotopic (exact) mass is 256 g/mol. The Morgan fingerprint density at radius 2 is 1.68 bits per heavy atom. The van der Waals surface area contributed by atoms with Gasteiger partial charge in [0.1, 0.15) is 5.75 Å². The van der Waals surface area contributed by atoms with Gasteiger partial charge >= 0.3 is 0 Å². The van der Waals surface area contributed by atoms with Crippen LogP contribution >= 0.6 is 0 Å². The second kappa shape index (κ2) is 4.92. The van der Waals surface area contributed by atoms with Gasteiger partial charge in [-0.25, -0.2) is 4.98 Å². The smallest absolute Gasteiger partial charge is 0.242 e. The molecule has 0 radical (unpaired) electrons. The first-order valence-electron chi connectivity index (χ1n) is 6.37. The van der Waals surface area contributed by atoms with E-state index in [-0.39, 0.29) is 5.41 Å². The summed E-state index contributed by atoms with van der Waals surface area (Å²) in [7, 11) is 0. The van der Waals surface area contributed by atoms with Crippen LogP contribution in [0.4, 0.5) is 5.69 Å². The van der Waals surface area contributed by atoms with Gasteiger partial charge in [-0.15, -0.1) is 0 Å². The van der Waals surface area contributed by atoms with Gasteiger partial charge in [-0.2, -0.15) is 0 Å². The molecule has 0 aliphatic rings. The number of ether oxygens (including phenoxy) is 1. The van der Waals surface area contributed by atoms with Crippen molar-refractivity contribution in [1.29, 1.82) is 0 Å².